The van der Waals surface area contributed by atoms with E-state index in [9.17, 15) is 38.4 Å². The first-order valence-corrected chi connectivity index (χ1v) is 27.4. The molecule has 0 amide bonds. The van der Waals surface area contributed by atoms with Crippen molar-refractivity contribution in [2.24, 2.45) is 0 Å². The highest BCUT2D eigenvalue weighted by molar-refractivity contribution is 5.93. The molecule has 0 N–H and O–H groups in total. The zero-order valence-corrected chi connectivity index (χ0v) is 46.0. The maximum Gasteiger partial charge on any atom is 0.340 e. The molecular formula is C68H54O19. The van der Waals surface area contributed by atoms with Crippen molar-refractivity contribution in [3.8, 4) is 0 Å². The van der Waals surface area contributed by atoms with Crippen LogP contribution in [0.3, 0.4) is 0 Å². The van der Waals surface area contributed by atoms with Crippen LogP contribution in [0.1, 0.15) is 82.9 Å². The third-order valence-electron chi connectivity index (χ3n) is 13.7. The predicted molar refractivity (Wildman–Crippen MR) is 306 cm³/mol. The molecule has 2 fully saturated rings. The summed E-state index contributed by atoms with van der Waals surface area (Å²) in [6.45, 7) is -1.58. The van der Waals surface area contributed by atoms with Crippen LogP contribution in [0, 0.1) is 0 Å². The van der Waals surface area contributed by atoms with Crippen LogP contribution in [0.2, 0.25) is 0 Å². The van der Waals surface area contributed by atoms with Crippen molar-refractivity contribution in [2.75, 3.05) is 13.2 Å². The highest BCUT2D eigenvalue weighted by Gasteiger charge is 2.59. The summed E-state index contributed by atoms with van der Waals surface area (Å²) >= 11 is 0. The quantitative estimate of drug-likeness (QED) is 0.0510. The topological polar surface area (TPSA) is 238 Å². The first-order chi connectivity index (χ1) is 42.5. The Morgan fingerprint density at radius 3 is 0.770 bits per heavy atom. The Morgan fingerprint density at radius 2 is 0.460 bits per heavy atom. The van der Waals surface area contributed by atoms with Crippen LogP contribution in [-0.2, 0) is 52.1 Å². The van der Waals surface area contributed by atoms with Gasteiger partial charge in [0.25, 0.3) is 0 Å². The van der Waals surface area contributed by atoms with Crippen LogP contribution in [0.15, 0.2) is 243 Å². The Labute approximate surface area is 498 Å². The third kappa shape index (κ3) is 15.2. The summed E-state index contributed by atoms with van der Waals surface area (Å²) in [7, 11) is 0. The van der Waals surface area contributed by atoms with Gasteiger partial charge in [-0.1, -0.05) is 146 Å². The fourth-order valence-electron chi connectivity index (χ4n) is 9.42. The zero-order valence-electron chi connectivity index (χ0n) is 46.0. The van der Waals surface area contributed by atoms with E-state index in [2.05, 4.69) is 0 Å². The second-order valence-electron chi connectivity index (χ2n) is 19.6. The fraction of sp³-hybridized carbons (Fsp3) is 0.176. The Kier molecular flexibility index (Phi) is 19.7. The zero-order chi connectivity index (χ0) is 60.5. The van der Waals surface area contributed by atoms with Gasteiger partial charge in [-0.05, 0) is 97.1 Å². The smallest absolute Gasteiger partial charge is 0.340 e. The number of benzene rings is 8. The number of esters is 8. The average Bonchev–Trinajstić information content (AvgIpc) is 3.65. The minimum atomic E-state index is -2.13. The third-order valence-corrected chi connectivity index (χ3v) is 13.7. The Bertz CT molecular complexity index is 3620. The van der Waals surface area contributed by atoms with Gasteiger partial charge in [0, 0.05) is 0 Å². The number of ether oxygens (including phenoxy) is 11. The van der Waals surface area contributed by atoms with E-state index in [1.54, 1.807) is 146 Å². The standard InChI is InChI=1S/C68H54O19/c69-59(43-25-9-1-10-26-43)77-41-51-53(81-61(71)45-29-13-3-14-30-45)55(82-62(72)46-31-15-4-16-32-46)57(84-64(74)48-35-19-6-20-36-48)67(79-51)86-54-52(42-78-60(70)44-27-11-2-12-28-44)80-68(87-66(76)50-39-23-8-24-40-50)58(85-65(75)49-37-21-7-22-38-49)56(54)83-63(73)47-33-17-5-18-34-47/h1-40,51-58,67-68H,41-42H2/t51-,52-,53+,54-,55+,56+,57-,58-,67+,68-/m1/s1. The lowest BCUT2D eigenvalue weighted by atomic mass is 9.95. The Balaban J connectivity index is 1.14. The van der Waals surface area contributed by atoms with E-state index in [0.717, 1.165) is 0 Å². The largest absolute Gasteiger partial charge is 0.459 e. The van der Waals surface area contributed by atoms with Crippen LogP contribution in [0.25, 0.3) is 0 Å². The van der Waals surface area contributed by atoms with Gasteiger partial charge in [-0.25, -0.2) is 38.4 Å². The van der Waals surface area contributed by atoms with E-state index in [0.29, 0.717) is 0 Å². The summed E-state index contributed by atoms with van der Waals surface area (Å²) in [4.78, 5) is 115. The monoisotopic (exact) mass is 1170 g/mol. The molecule has 8 aromatic rings. The molecule has 10 atom stereocenters. The number of rotatable bonds is 20. The minimum Gasteiger partial charge on any atom is -0.459 e. The van der Waals surface area contributed by atoms with Crippen LogP contribution in [0.4, 0.5) is 0 Å². The van der Waals surface area contributed by atoms with Gasteiger partial charge < -0.3 is 52.1 Å². The molecule has 0 unspecified atom stereocenters. The van der Waals surface area contributed by atoms with E-state index in [1.807, 2.05) is 0 Å². The van der Waals surface area contributed by atoms with Gasteiger partial charge in [0.05, 0.1) is 44.5 Å². The molecule has 2 saturated heterocycles. The van der Waals surface area contributed by atoms with Crippen molar-refractivity contribution in [2.45, 2.75) is 61.4 Å². The maximum absolute atomic E-state index is 14.7. The summed E-state index contributed by atoms with van der Waals surface area (Å²) in [6.07, 6.45) is -19.4. The molecule has 2 heterocycles. The lowest BCUT2D eigenvalue weighted by Crippen LogP contribution is -2.67. The van der Waals surface area contributed by atoms with Gasteiger partial charge in [-0.15, -0.1) is 0 Å². The maximum atomic E-state index is 14.7. The first kappa shape index (κ1) is 59.6. The molecule has 87 heavy (non-hydrogen) atoms. The molecule has 8 aromatic carbocycles. The first-order valence-electron chi connectivity index (χ1n) is 27.4. The molecule has 10 rings (SSSR count). The second-order valence-corrected chi connectivity index (χ2v) is 19.6. The summed E-state index contributed by atoms with van der Waals surface area (Å²) < 4.78 is 69.7. The van der Waals surface area contributed by atoms with Gasteiger partial charge in [0.2, 0.25) is 12.4 Å². The molecular weight excluding hydrogens is 1120 g/mol. The highest BCUT2D eigenvalue weighted by atomic mass is 16.8. The molecule has 19 nitrogen and oxygen atoms in total. The summed E-state index contributed by atoms with van der Waals surface area (Å²) in [6, 6.07) is 61.7. The number of carbonyl (C=O) groups is 8. The Hall–Kier alpha value is -10.6. The Morgan fingerprint density at radius 1 is 0.241 bits per heavy atom. The van der Waals surface area contributed by atoms with Crippen molar-refractivity contribution in [3.05, 3.63) is 287 Å². The van der Waals surface area contributed by atoms with Gasteiger partial charge in [0.1, 0.15) is 31.5 Å². The number of carbonyl (C=O) groups excluding carboxylic acids is 8. The van der Waals surface area contributed by atoms with Crippen LogP contribution in [-0.4, -0.2) is 122 Å². The molecule has 2 aliphatic heterocycles. The van der Waals surface area contributed by atoms with Crippen molar-refractivity contribution >= 4 is 47.8 Å². The van der Waals surface area contributed by atoms with E-state index in [-0.39, 0.29) is 44.5 Å². The lowest BCUT2D eigenvalue weighted by Gasteiger charge is -2.48. The highest BCUT2D eigenvalue weighted by Crippen LogP contribution is 2.37. The van der Waals surface area contributed by atoms with Crippen LogP contribution in [0.5, 0.6) is 0 Å². The molecule has 0 aliphatic carbocycles. The van der Waals surface area contributed by atoms with Gasteiger partial charge >= 0.3 is 47.8 Å². The van der Waals surface area contributed by atoms with E-state index >= 15 is 0 Å². The van der Waals surface area contributed by atoms with Crippen molar-refractivity contribution in [3.63, 3.8) is 0 Å². The molecule has 2 aliphatic rings. The van der Waals surface area contributed by atoms with Gasteiger partial charge in [-0.3, -0.25) is 0 Å². The van der Waals surface area contributed by atoms with Gasteiger partial charge in [-0.2, -0.15) is 0 Å². The SMILES string of the molecule is O=C(OC[C@H]1O[C@@H](O[C@H]2[C@H](OC(=O)c3ccccc3)[C@@H](OC(=O)c3ccccc3)[C@@H](OC(=O)c3ccccc3)O[C@@H]2COC(=O)c2ccccc2)[C@H](OC(=O)c2ccccc2)[C@@H](OC(=O)c2ccccc2)[C@H]1OC(=O)c1ccccc1)c1ccccc1. The number of hydrogen-bond donors (Lipinski definition) is 0. The summed E-state index contributed by atoms with van der Waals surface area (Å²) in [5.74, 6) is -7.88. The summed E-state index contributed by atoms with van der Waals surface area (Å²) in [5, 5.41) is 0. The molecule has 0 radical (unpaired) electrons. The minimum absolute atomic E-state index is 0.00860. The van der Waals surface area contributed by atoms with Crippen molar-refractivity contribution in [1.29, 1.82) is 0 Å². The molecule has 0 bridgehead atoms. The molecule has 440 valence electrons. The van der Waals surface area contributed by atoms with Crippen molar-refractivity contribution in [1.82, 2.24) is 0 Å². The predicted octanol–water partition coefficient (Wildman–Crippen LogP) is 9.52. The number of hydrogen-bond acceptors (Lipinski definition) is 19. The van der Waals surface area contributed by atoms with E-state index in [4.69, 9.17) is 52.1 Å². The molecule has 0 spiro atoms. The van der Waals surface area contributed by atoms with E-state index < -0.39 is 122 Å². The molecule has 0 aromatic heterocycles. The summed E-state index contributed by atoms with van der Waals surface area (Å²) in [5.41, 5.74) is 0.168. The normalized spacial score (nSPS) is 21.3. The molecule has 0 saturated carbocycles. The van der Waals surface area contributed by atoms with Crippen LogP contribution < -0.4 is 0 Å². The lowest BCUT2D eigenvalue weighted by molar-refractivity contribution is -0.351. The van der Waals surface area contributed by atoms with Gasteiger partial charge in [0.15, 0.2) is 30.7 Å². The van der Waals surface area contributed by atoms with E-state index in [1.165, 1.54) is 97.1 Å². The van der Waals surface area contributed by atoms with Crippen molar-refractivity contribution < 1.29 is 90.5 Å². The average molecular weight is 1180 g/mol. The fourth-order valence-corrected chi connectivity index (χ4v) is 9.42. The second kappa shape index (κ2) is 28.8. The molecule has 19 heteroatoms. The van der Waals surface area contributed by atoms with Crippen LogP contribution >= 0.6 is 0 Å².